The fraction of sp³-hybridized carbons (Fsp3) is 0.542. The first-order valence-corrected chi connectivity index (χ1v) is 13.3. The lowest BCUT2D eigenvalue weighted by Gasteiger charge is -2.30. The molecule has 12 heteroatoms. The Balaban J connectivity index is 1.54. The Morgan fingerprint density at radius 1 is 1.31 bits per heavy atom. The van der Waals surface area contributed by atoms with Gasteiger partial charge in [-0.2, -0.15) is 18.8 Å². The zero-order chi connectivity index (χ0) is 26.4. The number of aromatic hydroxyl groups is 1. The second-order valence-corrected chi connectivity index (χ2v) is 11.8. The molecule has 2 aliphatic heterocycles. The standard InChI is InChI=1S/C24H31FN6O4S/c1-15-18(16(2)30(27-15)8-5-7-24(3,4)14-26)11-29-9-6-17-10-20(32)23(22(25)19(17)12-29)31-13-21(33)28-36(31,34)35/h10,32H,5-9,11-13H2,1-4H3,(H,28,33). The highest BCUT2D eigenvalue weighted by Gasteiger charge is 2.39. The van der Waals surface area contributed by atoms with Gasteiger partial charge in [0.1, 0.15) is 18.0 Å². The molecule has 4 rings (SSSR count). The fourth-order valence-electron chi connectivity index (χ4n) is 4.84. The Hall–Kier alpha value is -3.17. The minimum Gasteiger partial charge on any atom is -0.506 e. The van der Waals surface area contributed by atoms with Crippen LogP contribution in [0.1, 0.15) is 54.8 Å². The molecule has 2 aliphatic rings. The van der Waals surface area contributed by atoms with Crippen molar-refractivity contribution >= 4 is 21.8 Å². The lowest BCUT2D eigenvalue weighted by atomic mass is 9.90. The van der Waals surface area contributed by atoms with E-state index in [2.05, 4.69) is 16.1 Å². The average molecular weight is 519 g/mol. The van der Waals surface area contributed by atoms with E-state index in [0.29, 0.717) is 41.5 Å². The van der Waals surface area contributed by atoms with Crippen molar-refractivity contribution in [2.75, 3.05) is 17.4 Å². The number of nitrogens with zero attached hydrogens (tertiary/aromatic N) is 5. The fourth-order valence-corrected chi connectivity index (χ4v) is 6.00. The van der Waals surface area contributed by atoms with E-state index in [0.717, 1.165) is 29.8 Å². The molecule has 3 heterocycles. The first-order chi connectivity index (χ1) is 16.8. The molecule has 1 amide bonds. The average Bonchev–Trinajstić information content (AvgIpc) is 3.22. The van der Waals surface area contributed by atoms with Crippen molar-refractivity contribution in [2.45, 2.75) is 66.6 Å². The lowest BCUT2D eigenvalue weighted by Crippen LogP contribution is -2.33. The van der Waals surface area contributed by atoms with Gasteiger partial charge in [-0.15, -0.1) is 0 Å². The summed E-state index contributed by atoms with van der Waals surface area (Å²) < 4.78 is 44.4. The van der Waals surface area contributed by atoms with Gasteiger partial charge < -0.3 is 5.11 Å². The van der Waals surface area contributed by atoms with Crippen molar-refractivity contribution in [3.63, 3.8) is 0 Å². The number of hydrogen-bond donors (Lipinski definition) is 2. The zero-order valence-corrected chi connectivity index (χ0v) is 21.7. The van der Waals surface area contributed by atoms with Crippen LogP contribution in [0.3, 0.4) is 0 Å². The number of phenolic OH excluding ortho intramolecular Hbond substituents is 1. The summed E-state index contributed by atoms with van der Waals surface area (Å²) in [5.74, 6) is -2.13. The summed E-state index contributed by atoms with van der Waals surface area (Å²) in [4.78, 5) is 13.7. The number of benzene rings is 1. The highest BCUT2D eigenvalue weighted by Crippen LogP contribution is 2.39. The van der Waals surface area contributed by atoms with Crippen molar-refractivity contribution in [3.05, 3.63) is 40.0 Å². The number of aryl methyl sites for hydroxylation is 2. The monoisotopic (exact) mass is 518 g/mol. The number of hydrogen-bond acceptors (Lipinski definition) is 7. The Kier molecular flexibility index (Phi) is 6.74. The molecule has 0 aliphatic carbocycles. The van der Waals surface area contributed by atoms with Crippen LogP contribution in [0.2, 0.25) is 0 Å². The molecule has 10 nitrogen and oxygen atoms in total. The van der Waals surface area contributed by atoms with Gasteiger partial charge in [0.25, 0.3) is 5.91 Å². The zero-order valence-electron chi connectivity index (χ0n) is 20.9. The largest absolute Gasteiger partial charge is 0.506 e. The molecule has 36 heavy (non-hydrogen) atoms. The quantitative estimate of drug-likeness (QED) is 0.575. The van der Waals surface area contributed by atoms with Gasteiger partial charge in [0.15, 0.2) is 5.82 Å². The molecule has 194 valence electrons. The molecule has 0 bridgehead atoms. The van der Waals surface area contributed by atoms with E-state index < -0.39 is 39.9 Å². The van der Waals surface area contributed by atoms with Gasteiger partial charge in [-0.1, -0.05) is 0 Å². The molecule has 0 saturated carbocycles. The van der Waals surface area contributed by atoms with E-state index in [1.807, 2.05) is 32.4 Å². The minimum absolute atomic E-state index is 0.226. The number of amides is 1. The van der Waals surface area contributed by atoms with E-state index in [-0.39, 0.29) is 12.0 Å². The third kappa shape index (κ3) is 4.90. The Morgan fingerprint density at radius 3 is 2.67 bits per heavy atom. The van der Waals surface area contributed by atoms with Crippen LogP contribution in [0.25, 0.3) is 0 Å². The predicted octanol–water partition coefficient (Wildman–Crippen LogP) is 2.41. The van der Waals surface area contributed by atoms with E-state index in [4.69, 9.17) is 0 Å². The molecule has 0 atom stereocenters. The van der Waals surface area contributed by atoms with E-state index in [9.17, 15) is 23.6 Å². The second kappa shape index (κ2) is 9.37. The number of anilines is 1. The maximum Gasteiger partial charge on any atom is 0.326 e. The first kappa shape index (κ1) is 25.9. The molecule has 1 aromatic heterocycles. The highest BCUT2D eigenvalue weighted by molar-refractivity contribution is 7.92. The summed E-state index contributed by atoms with van der Waals surface area (Å²) in [6.07, 6.45) is 2.08. The summed E-state index contributed by atoms with van der Waals surface area (Å²) >= 11 is 0. The Bertz CT molecular complexity index is 1360. The number of nitriles is 1. The van der Waals surface area contributed by atoms with Crippen LogP contribution < -0.4 is 9.03 Å². The predicted molar refractivity (Wildman–Crippen MR) is 131 cm³/mol. The van der Waals surface area contributed by atoms with E-state index in [1.54, 1.807) is 4.72 Å². The molecule has 0 spiro atoms. The Morgan fingerprint density at radius 2 is 2.03 bits per heavy atom. The number of aromatic nitrogens is 2. The van der Waals surface area contributed by atoms with Crippen molar-refractivity contribution in [1.29, 1.82) is 5.26 Å². The summed E-state index contributed by atoms with van der Waals surface area (Å²) in [7, 11) is -4.26. The molecule has 1 aromatic carbocycles. The van der Waals surface area contributed by atoms with Crippen molar-refractivity contribution in [3.8, 4) is 11.8 Å². The topological polar surface area (TPSA) is 132 Å². The smallest absolute Gasteiger partial charge is 0.326 e. The summed E-state index contributed by atoms with van der Waals surface area (Å²) in [6.45, 7) is 9.30. The van der Waals surface area contributed by atoms with Gasteiger partial charge in [0, 0.05) is 43.0 Å². The van der Waals surface area contributed by atoms with E-state index >= 15 is 4.39 Å². The van der Waals surface area contributed by atoms with Gasteiger partial charge in [-0.25, -0.2) is 13.4 Å². The Labute approximate surface area is 210 Å². The molecule has 2 N–H and O–H groups in total. The highest BCUT2D eigenvalue weighted by atomic mass is 32.2. The van der Waals surface area contributed by atoms with Crippen LogP contribution >= 0.6 is 0 Å². The van der Waals surface area contributed by atoms with Gasteiger partial charge in [-0.3, -0.25) is 14.4 Å². The summed E-state index contributed by atoms with van der Waals surface area (Å²) in [5, 5.41) is 24.3. The second-order valence-electron chi connectivity index (χ2n) is 10.2. The summed E-state index contributed by atoms with van der Waals surface area (Å²) in [5.41, 5.74) is 3.00. The molecule has 0 unspecified atom stereocenters. The maximum absolute atomic E-state index is 15.6. The minimum atomic E-state index is -4.26. The van der Waals surface area contributed by atoms with Gasteiger partial charge in [0.05, 0.1) is 17.2 Å². The summed E-state index contributed by atoms with van der Waals surface area (Å²) in [6, 6.07) is 3.71. The van der Waals surface area contributed by atoms with Gasteiger partial charge in [0.2, 0.25) is 0 Å². The molecular formula is C24H31FN6O4S. The number of carbonyl (C=O) groups excluding carboxylic acids is 1. The molecular weight excluding hydrogens is 487 g/mol. The van der Waals surface area contributed by atoms with Gasteiger partial charge >= 0.3 is 10.2 Å². The number of phenols is 1. The normalized spacial score (nSPS) is 17.7. The van der Waals surface area contributed by atoms with Crippen LogP contribution in [0.15, 0.2) is 6.07 Å². The number of carbonyl (C=O) groups is 1. The van der Waals surface area contributed by atoms with Crippen LogP contribution in [0.5, 0.6) is 5.75 Å². The van der Waals surface area contributed by atoms with Crippen LogP contribution in [-0.2, 0) is 41.1 Å². The SMILES string of the molecule is Cc1nn(CCCC(C)(C)C#N)c(C)c1CN1CCc2cc(O)c(N3CC(=O)NS3(=O)=O)c(F)c2C1. The van der Waals surface area contributed by atoms with Crippen LogP contribution in [0, 0.1) is 36.4 Å². The van der Waals surface area contributed by atoms with Gasteiger partial charge in [-0.05, 0) is 58.6 Å². The van der Waals surface area contributed by atoms with Crippen molar-refractivity contribution in [2.24, 2.45) is 5.41 Å². The van der Waals surface area contributed by atoms with E-state index in [1.165, 1.54) is 6.07 Å². The molecule has 1 saturated heterocycles. The first-order valence-electron chi connectivity index (χ1n) is 11.9. The number of halogens is 1. The van der Waals surface area contributed by atoms with Crippen molar-refractivity contribution in [1.82, 2.24) is 19.4 Å². The number of nitrogens with one attached hydrogen (secondary N) is 1. The molecule has 2 aromatic rings. The van der Waals surface area contributed by atoms with Crippen molar-refractivity contribution < 1.29 is 22.7 Å². The number of fused-ring (bicyclic) bond motifs is 1. The third-order valence-corrected chi connectivity index (χ3v) is 8.33. The maximum atomic E-state index is 15.6. The molecule has 0 radical (unpaired) electrons. The van der Waals surface area contributed by atoms with Crippen LogP contribution in [-0.4, -0.2) is 47.2 Å². The third-order valence-electron chi connectivity index (χ3n) is 6.95. The molecule has 1 fully saturated rings. The lowest BCUT2D eigenvalue weighted by molar-refractivity contribution is -0.117. The van der Waals surface area contributed by atoms with Crippen LogP contribution in [0.4, 0.5) is 10.1 Å². The number of rotatable bonds is 7.